The Morgan fingerprint density at radius 2 is 2.24 bits per heavy atom. The minimum absolute atomic E-state index is 0.0290. The molecule has 1 aromatic rings. The van der Waals surface area contributed by atoms with Gasteiger partial charge in [0.2, 0.25) is 0 Å². The lowest BCUT2D eigenvalue weighted by molar-refractivity contribution is 0.192. The average Bonchev–Trinajstić information content (AvgIpc) is 2.30. The van der Waals surface area contributed by atoms with Gasteiger partial charge >= 0.3 is 6.03 Å². The number of hydrogen-bond acceptors (Lipinski definition) is 2. The molecule has 0 unspecified atom stereocenters. The highest BCUT2D eigenvalue weighted by molar-refractivity contribution is 9.10. The number of nitrogens with zero attached hydrogens (tertiary/aromatic N) is 1. The van der Waals surface area contributed by atoms with Crippen molar-refractivity contribution in [2.45, 2.75) is 13.8 Å². The molecule has 0 aromatic heterocycles. The number of hydrogen-bond donors (Lipinski definition) is 2. The van der Waals surface area contributed by atoms with Crippen LogP contribution in [0.15, 0.2) is 22.7 Å². The fraction of sp³-hybridized carbons (Fsp3) is 0.417. The molecule has 1 aromatic carbocycles. The van der Waals surface area contributed by atoms with Crippen molar-refractivity contribution in [3.8, 4) is 0 Å². The zero-order valence-corrected chi connectivity index (χ0v) is 11.6. The zero-order chi connectivity index (χ0) is 12.8. The normalized spacial score (nSPS) is 10.1. The molecule has 1 rings (SSSR count). The Balaban J connectivity index is 2.76. The van der Waals surface area contributed by atoms with E-state index in [1.807, 2.05) is 32.0 Å². The summed E-state index contributed by atoms with van der Waals surface area (Å²) >= 11 is 3.37. The van der Waals surface area contributed by atoms with Gasteiger partial charge in [-0.25, -0.2) is 4.79 Å². The van der Waals surface area contributed by atoms with E-state index >= 15 is 0 Å². The van der Waals surface area contributed by atoms with Crippen molar-refractivity contribution in [1.29, 1.82) is 0 Å². The predicted molar refractivity (Wildman–Crippen MR) is 72.2 cm³/mol. The minimum atomic E-state index is -0.192. The van der Waals surface area contributed by atoms with Crippen molar-refractivity contribution >= 4 is 27.6 Å². The topological polar surface area (TPSA) is 52.6 Å². The van der Waals surface area contributed by atoms with Crippen LogP contribution in [0.2, 0.25) is 0 Å². The quantitative estimate of drug-likeness (QED) is 0.898. The Morgan fingerprint density at radius 3 is 2.82 bits per heavy atom. The number of halogens is 1. The minimum Gasteiger partial charge on any atom is -0.395 e. The van der Waals surface area contributed by atoms with Crippen LogP contribution in [0.1, 0.15) is 12.5 Å². The summed E-state index contributed by atoms with van der Waals surface area (Å²) in [4.78, 5) is 13.4. The first-order valence-electron chi connectivity index (χ1n) is 5.51. The molecule has 0 atom stereocenters. The Morgan fingerprint density at radius 1 is 1.53 bits per heavy atom. The number of aryl methyl sites for hydroxylation is 1. The van der Waals surface area contributed by atoms with E-state index in [0.29, 0.717) is 13.1 Å². The maximum Gasteiger partial charge on any atom is 0.321 e. The zero-order valence-electron chi connectivity index (χ0n) is 10.0. The average molecular weight is 301 g/mol. The van der Waals surface area contributed by atoms with Crippen LogP contribution in [0.3, 0.4) is 0 Å². The van der Waals surface area contributed by atoms with E-state index < -0.39 is 0 Å². The summed E-state index contributed by atoms with van der Waals surface area (Å²) in [7, 11) is 0. The summed E-state index contributed by atoms with van der Waals surface area (Å²) in [5.74, 6) is 0. The molecule has 0 fully saturated rings. The molecular weight excluding hydrogens is 284 g/mol. The van der Waals surface area contributed by atoms with E-state index in [2.05, 4.69) is 21.2 Å². The molecule has 2 N–H and O–H groups in total. The Kier molecular flexibility index (Phi) is 5.44. The van der Waals surface area contributed by atoms with Crippen LogP contribution in [0, 0.1) is 6.92 Å². The lowest BCUT2D eigenvalue weighted by Gasteiger charge is -2.21. The van der Waals surface area contributed by atoms with Crippen molar-refractivity contribution in [3.05, 3.63) is 28.2 Å². The second kappa shape index (κ2) is 6.61. The number of benzene rings is 1. The van der Waals surface area contributed by atoms with Crippen LogP contribution in [-0.2, 0) is 0 Å². The van der Waals surface area contributed by atoms with Crippen LogP contribution in [0.25, 0.3) is 0 Å². The van der Waals surface area contributed by atoms with Gasteiger partial charge in [-0.1, -0.05) is 22.0 Å². The number of aliphatic hydroxyl groups is 1. The van der Waals surface area contributed by atoms with Gasteiger partial charge in [-0.3, -0.25) is 0 Å². The molecule has 0 aliphatic heterocycles. The van der Waals surface area contributed by atoms with Gasteiger partial charge in [0.25, 0.3) is 0 Å². The van der Waals surface area contributed by atoms with Gasteiger partial charge < -0.3 is 15.3 Å². The number of carbonyl (C=O) groups is 1. The van der Waals surface area contributed by atoms with E-state index in [1.54, 1.807) is 4.90 Å². The molecule has 4 nitrogen and oxygen atoms in total. The van der Waals surface area contributed by atoms with E-state index in [0.717, 1.165) is 15.7 Å². The fourth-order valence-corrected chi connectivity index (χ4v) is 1.81. The first kappa shape index (κ1) is 14.0. The van der Waals surface area contributed by atoms with Crippen molar-refractivity contribution in [2.75, 3.05) is 25.0 Å². The molecule has 0 aliphatic rings. The standard InChI is InChI=1S/C12H17BrN2O2/c1-3-15(6-7-16)12(17)14-11-8-10(13)5-4-9(11)2/h4-5,8,16H,3,6-7H2,1-2H3,(H,14,17). The van der Waals surface area contributed by atoms with Crippen LogP contribution < -0.4 is 5.32 Å². The summed E-state index contributed by atoms with van der Waals surface area (Å²) in [6.45, 7) is 4.70. The van der Waals surface area contributed by atoms with E-state index in [9.17, 15) is 4.79 Å². The third kappa shape index (κ3) is 4.02. The monoisotopic (exact) mass is 300 g/mol. The highest BCUT2D eigenvalue weighted by Gasteiger charge is 2.11. The number of amides is 2. The molecular formula is C12H17BrN2O2. The smallest absolute Gasteiger partial charge is 0.321 e. The molecule has 2 amide bonds. The van der Waals surface area contributed by atoms with Crippen LogP contribution in [0.4, 0.5) is 10.5 Å². The second-order valence-electron chi connectivity index (χ2n) is 3.69. The van der Waals surface area contributed by atoms with Gasteiger partial charge in [-0.2, -0.15) is 0 Å². The number of likely N-dealkylation sites (N-methyl/N-ethyl adjacent to an activating group) is 1. The third-order valence-electron chi connectivity index (χ3n) is 2.48. The molecule has 0 heterocycles. The number of nitrogens with one attached hydrogen (secondary N) is 1. The van der Waals surface area contributed by atoms with Crippen molar-refractivity contribution < 1.29 is 9.90 Å². The molecule has 0 radical (unpaired) electrons. The SMILES string of the molecule is CCN(CCO)C(=O)Nc1cc(Br)ccc1C. The Bertz CT molecular complexity index is 396. The summed E-state index contributed by atoms with van der Waals surface area (Å²) in [5.41, 5.74) is 1.78. The highest BCUT2D eigenvalue weighted by Crippen LogP contribution is 2.20. The lowest BCUT2D eigenvalue weighted by atomic mass is 10.2. The molecule has 0 bridgehead atoms. The Hall–Kier alpha value is -1.07. The van der Waals surface area contributed by atoms with Gasteiger partial charge in [0.05, 0.1) is 6.61 Å². The van der Waals surface area contributed by atoms with Crippen LogP contribution >= 0.6 is 15.9 Å². The molecule has 17 heavy (non-hydrogen) atoms. The predicted octanol–water partition coefficient (Wildman–Crippen LogP) is 2.60. The van der Waals surface area contributed by atoms with Gasteiger partial charge in [-0.15, -0.1) is 0 Å². The number of carbonyl (C=O) groups excluding carboxylic acids is 1. The summed E-state index contributed by atoms with van der Waals surface area (Å²) < 4.78 is 0.920. The Labute approximate surface area is 110 Å². The second-order valence-corrected chi connectivity index (χ2v) is 4.61. The molecule has 0 saturated carbocycles. The maximum atomic E-state index is 11.9. The number of anilines is 1. The summed E-state index contributed by atoms with van der Waals surface area (Å²) in [6, 6.07) is 5.53. The third-order valence-corrected chi connectivity index (χ3v) is 2.97. The highest BCUT2D eigenvalue weighted by atomic mass is 79.9. The lowest BCUT2D eigenvalue weighted by Crippen LogP contribution is -2.36. The van der Waals surface area contributed by atoms with Gasteiger partial charge in [0, 0.05) is 23.2 Å². The maximum absolute atomic E-state index is 11.9. The molecule has 0 aliphatic carbocycles. The van der Waals surface area contributed by atoms with Crippen molar-refractivity contribution in [2.24, 2.45) is 0 Å². The van der Waals surface area contributed by atoms with Crippen LogP contribution in [-0.4, -0.2) is 35.7 Å². The number of urea groups is 1. The fourth-order valence-electron chi connectivity index (χ4n) is 1.45. The van der Waals surface area contributed by atoms with Gasteiger partial charge in [0.1, 0.15) is 0 Å². The van der Waals surface area contributed by atoms with E-state index in [-0.39, 0.29) is 12.6 Å². The van der Waals surface area contributed by atoms with Gasteiger partial charge in [-0.05, 0) is 31.5 Å². The molecule has 94 valence electrons. The first-order chi connectivity index (χ1) is 8.08. The summed E-state index contributed by atoms with van der Waals surface area (Å²) in [5, 5.41) is 11.7. The van der Waals surface area contributed by atoms with Crippen molar-refractivity contribution in [1.82, 2.24) is 4.90 Å². The molecule has 5 heteroatoms. The number of aliphatic hydroxyl groups excluding tert-OH is 1. The van der Waals surface area contributed by atoms with Gasteiger partial charge in [0.15, 0.2) is 0 Å². The largest absolute Gasteiger partial charge is 0.395 e. The number of rotatable bonds is 4. The van der Waals surface area contributed by atoms with Crippen molar-refractivity contribution in [3.63, 3.8) is 0 Å². The molecule has 0 saturated heterocycles. The first-order valence-corrected chi connectivity index (χ1v) is 6.30. The summed E-state index contributed by atoms with van der Waals surface area (Å²) in [6.07, 6.45) is 0. The van der Waals surface area contributed by atoms with E-state index in [4.69, 9.17) is 5.11 Å². The van der Waals surface area contributed by atoms with E-state index in [1.165, 1.54) is 0 Å². The molecule has 0 spiro atoms. The van der Waals surface area contributed by atoms with Crippen LogP contribution in [0.5, 0.6) is 0 Å².